The molecule has 0 fully saturated rings. The second kappa shape index (κ2) is 4.37. The number of rotatable bonds is 2. The fourth-order valence-electron chi connectivity index (χ4n) is 1.43. The molecule has 16 heavy (non-hydrogen) atoms. The molecule has 79 valence electrons. The Morgan fingerprint density at radius 2 is 1.94 bits per heavy atom. The zero-order valence-electron chi connectivity index (χ0n) is 8.41. The number of anilines is 1. The van der Waals surface area contributed by atoms with Gasteiger partial charge in [0.05, 0.1) is 5.02 Å². The average molecular weight is 231 g/mol. The molecule has 0 heterocycles. The van der Waals surface area contributed by atoms with Crippen LogP contribution in [0.3, 0.4) is 0 Å². The van der Waals surface area contributed by atoms with Crippen molar-refractivity contribution in [2.75, 3.05) is 5.73 Å². The van der Waals surface area contributed by atoms with Gasteiger partial charge in [0.15, 0.2) is 5.78 Å². The predicted molar refractivity (Wildman–Crippen MR) is 64.6 cm³/mol. The first-order valence-electron chi connectivity index (χ1n) is 4.75. The number of ketones is 1. The van der Waals surface area contributed by atoms with Crippen LogP contribution in [0.1, 0.15) is 15.9 Å². The smallest absolute Gasteiger partial charge is 0.196 e. The summed E-state index contributed by atoms with van der Waals surface area (Å²) in [5.74, 6) is -0.181. The first-order valence-corrected chi connectivity index (χ1v) is 5.13. The summed E-state index contributed by atoms with van der Waals surface area (Å²) in [5, 5.41) is 0.427. The first kappa shape index (κ1) is 10.7. The highest BCUT2D eigenvalue weighted by molar-refractivity contribution is 6.35. The molecular formula is C13H9ClNO. The van der Waals surface area contributed by atoms with E-state index in [4.69, 9.17) is 17.3 Å². The molecular weight excluding hydrogens is 222 g/mol. The first-order chi connectivity index (χ1) is 7.70. The average Bonchev–Trinajstić information content (AvgIpc) is 2.29. The van der Waals surface area contributed by atoms with Crippen molar-refractivity contribution in [1.82, 2.24) is 0 Å². The van der Waals surface area contributed by atoms with Gasteiger partial charge in [-0.25, -0.2) is 0 Å². The van der Waals surface area contributed by atoms with E-state index in [0.29, 0.717) is 21.8 Å². The Bertz CT molecular complexity index is 489. The zero-order chi connectivity index (χ0) is 11.5. The number of carbonyl (C=O) groups excluding carboxylic acids is 1. The molecule has 0 saturated heterocycles. The Hall–Kier alpha value is -1.80. The van der Waals surface area contributed by atoms with E-state index >= 15 is 0 Å². The third-order valence-electron chi connectivity index (χ3n) is 2.26. The minimum absolute atomic E-state index is 0.181. The van der Waals surface area contributed by atoms with Gasteiger partial charge in [-0.15, -0.1) is 0 Å². The fraction of sp³-hybridized carbons (Fsp3) is 0. The number of hydrogen-bond donors (Lipinski definition) is 1. The second-order valence-electron chi connectivity index (χ2n) is 3.32. The Morgan fingerprint density at radius 3 is 2.62 bits per heavy atom. The van der Waals surface area contributed by atoms with Crippen molar-refractivity contribution < 1.29 is 4.79 Å². The van der Waals surface area contributed by atoms with E-state index < -0.39 is 0 Å². The van der Waals surface area contributed by atoms with Gasteiger partial charge in [0.25, 0.3) is 0 Å². The van der Waals surface area contributed by atoms with Gasteiger partial charge in [0.2, 0.25) is 0 Å². The molecule has 0 aliphatic carbocycles. The highest BCUT2D eigenvalue weighted by Crippen LogP contribution is 2.21. The predicted octanol–water partition coefficient (Wildman–Crippen LogP) is 2.95. The van der Waals surface area contributed by atoms with E-state index in [2.05, 4.69) is 6.07 Å². The van der Waals surface area contributed by atoms with Crippen LogP contribution < -0.4 is 5.73 Å². The van der Waals surface area contributed by atoms with Gasteiger partial charge in [0, 0.05) is 16.8 Å². The molecule has 0 aromatic heterocycles. The van der Waals surface area contributed by atoms with E-state index in [1.807, 2.05) is 0 Å². The molecule has 2 aromatic carbocycles. The maximum absolute atomic E-state index is 12.1. The molecule has 0 saturated carbocycles. The van der Waals surface area contributed by atoms with Crippen molar-refractivity contribution in [2.45, 2.75) is 0 Å². The molecule has 0 spiro atoms. The third kappa shape index (κ3) is 1.92. The molecule has 1 radical (unpaired) electrons. The molecule has 0 aliphatic rings. The van der Waals surface area contributed by atoms with Crippen LogP contribution in [0.2, 0.25) is 5.02 Å². The van der Waals surface area contributed by atoms with Crippen molar-refractivity contribution >= 4 is 23.1 Å². The zero-order valence-corrected chi connectivity index (χ0v) is 9.16. The summed E-state index contributed by atoms with van der Waals surface area (Å²) in [6, 6.07) is 14.6. The number of nitrogen functional groups attached to an aromatic ring is 1. The quantitative estimate of drug-likeness (QED) is 0.637. The van der Waals surface area contributed by atoms with E-state index in [1.165, 1.54) is 0 Å². The summed E-state index contributed by atoms with van der Waals surface area (Å²) < 4.78 is 0. The summed E-state index contributed by atoms with van der Waals surface area (Å²) in [6.07, 6.45) is 0. The molecule has 2 aromatic rings. The van der Waals surface area contributed by atoms with Crippen molar-refractivity contribution in [3.63, 3.8) is 0 Å². The van der Waals surface area contributed by atoms with Crippen LogP contribution in [0, 0.1) is 6.07 Å². The standard InChI is InChI=1S/C13H9ClNO/c14-11-7-3-1-5-9(11)13(16)10-6-2-4-8-12(10)15/h1,3-8H,15H2. The van der Waals surface area contributed by atoms with E-state index in [9.17, 15) is 4.79 Å². The lowest BCUT2D eigenvalue weighted by atomic mass is 10.0. The van der Waals surface area contributed by atoms with Crippen molar-refractivity contribution in [3.8, 4) is 0 Å². The topological polar surface area (TPSA) is 43.1 Å². The molecule has 2 nitrogen and oxygen atoms in total. The maximum Gasteiger partial charge on any atom is 0.196 e. The van der Waals surface area contributed by atoms with Gasteiger partial charge in [0.1, 0.15) is 0 Å². The second-order valence-corrected chi connectivity index (χ2v) is 3.73. The lowest BCUT2D eigenvalue weighted by Gasteiger charge is -2.05. The molecule has 2 N–H and O–H groups in total. The van der Waals surface area contributed by atoms with E-state index in [-0.39, 0.29) is 5.78 Å². The minimum atomic E-state index is -0.181. The Balaban J connectivity index is 2.48. The number of carbonyl (C=O) groups is 1. The Labute approximate surface area is 98.7 Å². The van der Waals surface area contributed by atoms with Gasteiger partial charge in [-0.2, -0.15) is 0 Å². The summed E-state index contributed by atoms with van der Waals surface area (Å²) >= 11 is 5.95. The lowest BCUT2D eigenvalue weighted by Crippen LogP contribution is -2.05. The van der Waals surface area contributed by atoms with Crippen LogP contribution in [0.4, 0.5) is 5.69 Å². The summed E-state index contributed by atoms with van der Waals surface area (Å²) in [5.41, 5.74) is 7.04. The lowest BCUT2D eigenvalue weighted by molar-refractivity contribution is 0.103. The highest BCUT2D eigenvalue weighted by atomic mass is 35.5. The van der Waals surface area contributed by atoms with Gasteiger partial charge in [-0.1, -0.05) is 29.8 Å². The molecule has 0 bridgehead atoms. The molecule has 0 amide bonds. The fourth-order valence-corrected chi connectivity index (χ4v) is 1.65. The minimum Gasteiger partial charge on any atom is -0.398 e. The van der Waals surface area contributed by atoms with Gasteiger partial charge in [-0.05, 0) is 30.3 Å². The Morgan fingerprint density at radius 1 is 1.19 bits per heavy atom. The van der Waals surface area contributed by atoms with Crippen LogP contribution in [0.15, 0.2) is 42.5 Å². The van der Waals surface area contributed by atoms with Crippen molar-refractivity contribution in [2.24, 2.45) is 0 Å². The van der Waals surface area contributed by atoms with Gasteiger partial charge < -0.3 is 5.73 Å². The van der Waals surface area contributed by atoms with Gasteiger partial charge in [-0.3, -0.25) is 4.79 Å². The summed E-state index contributed by atoms with van der Waals surface area (Å²) in [6.45, 7) is 0. The highest BCUT2D eigenvalue weighted by Gasteiger charge is 2.14. The third-order valence-corrected chi connectivity index (χ3v) is 2.59. The largest absolute Gasteiger partial charge is 0.398 e. The van der Waals surface area contributed by atoms with Crippen LogP contribution in [0.5, 0.6) is 0 Å². The molecule has 3 heteroatoms. The Kier molecular flexibility index (Phi) is 2.93. The molecule has 2 rings (SSSR count). The SMILES string of the molecule is Nc1cc[c]cc1C(=O)c1ccccc1Cl. The maximum atomic E-state index is 12.1. The number of nitrogens with two attached hydrogens (primary N) is 1. The summed E-state index contributed by atoms with van der Waals surface area (Å²) in [7, 11) is 0. The van der Waals surface area contributed by atoms with Crippen LogP contribution in [-0.2, 0) is 0 Å². The van der Waals surface area contributed by atoms with Gasteiger partial charge >= 0.3 is 0 Å². The van der Waals surface area contributed by atoms with Crippen LogP contribution in [0.25, 0.3) is 0 Å². The molecule has 0 unspecified atom stereocenters. The normalized spacial score (nSPS) is 10.1. The monoisotopic (exact) mass is 230 g/mol. The van der Waals surface area contributed by atoms with Crippen molar-refractivity contribution in [1.29, 1.82) is 0 Å². The number of halogens is 1. The number of benzene rings is 2. The number of hydrogen-bond acceptors (Lipinski definition) is 2. The van der Waals surface area contributed by atoms with E-state index in [1.54, 1.807) is 42.5 Å². The van der Waals surface area contributed by atoms with Crippen LogP contribution >= 0.6 is 11.6 Å². The van der Waals surface area contributed by atoms with Crippen LogP contribution in [-0.4, -0.2) is 5.78 Å². The molecule has 0 aliphatic heterocycles. The summed E-state index contributed by atoms with van der Waals surface area (Å²) in [4.78, 5) is 12.1. The molecule has 0 atom stereocenters. The van der Waals surface area contributed by atoms with Crippen molar-refractivity contribution in [3.05, 3.63) is 64.7 Å². The van der Waals surface area contributed by atoms with E-state index in [0.717, 1.165) is 0 Å².